The minimum Gasteiger partial charge on any atom is -0.390 e. The van der Waals surface area contributed by atoms with Crippen molar-refractivity contribution >= 4 is 11.6 Å². The van der Waals surface area contributed by atoms with Crippen LogP contribution in [0.5, 0.6) is 0 Å². The van der Waals surface area contributed by atoms with Gasteiger partial charge in [-0.1, -0.05) is 35.4 Å². The second-order valence-electron chi connectivity index (χ2n) is 3.76. The van der Waals surface area contributed by atoms with Gasteiger partial charge in [0.15, 0.2) is 0 Å². The Morgan fingerprint density at radius 2 is 2.19 bits per heavy atom. The van der Waals surface area contributed by atoms with Crippen molar-refractivity contribution in [1.82, 2.24) is 9.55 Å². The number of rotatable bonds is 2. The summed E-state index contributed by atoms with van der Waals surface area (Å²) in [7, 11) is 1.84. The lowest BCUT2D eigenvalue weighted by Gasteiger charge is -2.03. The molecule has 0 spiro atoms. The molecule has 2 aromatic rings. The third-order valence-corrected chi connectivity index (χ3v) is 2.99. The fourth-order valence-corrected chi connectivity index (χ4v) is 1.86. The molecule has 1 aromatic heterocycles. The number of hydrogen-bond donors (Lipinski definition) is 1. The predicted octanol–water partition coefficient (Wildman–Crippen LogP) is 2.54. The lowest BCUT2D eigenvalue weighted by atomic mass is 10.1. The smallest absolute Gasteiger partial charge is 0.141 e. The highest BCUT2D eigenvalue weighted by Crippen LogP contribution is 2.25. The molecule has 0 saturated carbocycles. The third kappa shape index (κ3) is 1.84. The van der Waals surface area contributed by atoms with E-state index in [1.807, 2.05) is 38.2 Å². The Hall–Kier alpha value is -1.32. The van der Waals surface area contributed by atoms with Crippen molar-refractivity contribution in [2.24, 2.45) is 7.05 Å². The van der Waals surface area contributed by atoms with E-state index in [1.165, 1.54) is 5.56 Å². The minimum atomic E-state index is -0.140. The highest BCUT2D eigenvalue weighted by molar-refractivity contribution is 6.30. The summed E-state index contributed by atoms with van der Waals surface area (Å²) in [6.45, 7) is 1.89. The topological polar surface area (TPSA) is 38.1 Å². The number of halogens is 1. The molecule has 0 amide bonds. The first-order valence-corrected chi connectivity index (χ1v) is 5.40. The Labute approximate surface area is 99.3 Å². The van der Waals surface area contributed by atoms with Crippen LogP contribution in [-0.4, -0.2) is 14.7 Å². The van der Waals surface area contributed by atoms with Crippen molar-refractivity contribution in [3.05, 3.63) is 40.7 Å². The van der Waals surface area contributed by atoms with E-state index in [4.69, 9.17) is 16.7 Å². The molecule has 3 nitrogen and oxygen atoms in total. The maximum atomic E-state index is 9.10. The first-order chi connectivity index (χ1) is 7.63. The van der Waals surface area contributed by atoms with E-state index >= 15 is 0 Å². The van der Waals surface area contributed by atoms with Crippen LogP contribution in [0.15, 0.2) is 24.3 Å². The van der Waals surface area contributed by atoms with Crippen molar-refractivity contribution in [2.45, 2.75) is 13.5 Å². The molecule has 84 valence electrons. The van der Waals surface area contributed by atoms with Crippen molar-refractivity contribution in [2.75, 3.05) is 0 Å². The van der Waals surface area contributed by atoms with Gasteiger partial charge in [-0.15, -0.1) is 0 Å². The van der Waals surface area contributed by atoms with Gasteiger partial charge in [0.25, 0.3) is 0 Å². The van der Waals surface area contributed by atoms with Gasteiger partial charge in [-0.05, 0) is 13.0 Å². The lowest BCUT2D eigenvalue weighted by Crippen LogP contribution is -1.92. The van der Waals surface area contributed by atoms with Crippen LogP contribution >= 0.6 is 11.6 Å². The molecule has 0 aliphatic rings. The molecule has 2 rings (SSSR count). The van der Waals surface area contributed by atoms with Crippen molar-refractivity contribution < 1.29 is 5.11 Å². The highest BCUT2D eigenvalue weighted by Gasteiger charge is 2.13. The Morgan fingerprint density at radius 1 is 1.44 bits per heavy atom. The zero-order valence-electron chi connectivity index (χ0n) is 9.24. The predicted molar refractivity (Wildman–Crippen MR) is 64.3 cm³/mol. The van der Waals surface area contributed by atoms with E-state index in [9.17, 15) is 0 Å². The molecular formula is C12H13ClN2O. The van der Waals surface area contributed by atoms with E-state index in [-0.39, 0.29) is 6.61 Å². The molecule has 0 fully saturated rings. The molecule has 0 radical (unpaired) electrons. The standard InChI is InChI=1S/C12H13ClN2O/c1-8-4-3-5-9(6-8)12-14-10(7-16)11(13)15(12)2/h3-6,16H,7H2,1-2H3. The van der Waals surface area contributed by atoms with E-state index in [2.05, 4.69) is 4.98 Å². The molecule has 4 heteroatoms. The van der Waals surface area contributed by atoms with Gasteiger partial charge in [0, 0.05) is 12.6 Å². The summed E-state index contributed by atoms with van der Waals surface area (Å²) < 4.78 is 1.78. The Bertz CT molecular complexity index is 520. The van der Waals surface area contributed by atoms with Gasteiger partial charge in [0.2, 0.25) is 0 Å². The summed E-state index contributed by atoms with van der Waals surface area (Å²) in [6.07, 6.45) is 0. The van der Waals surface area contributed by atoms with Crippen LogP contribution < -0.4 is 0 Å². The quantitative estimate of drug-likeness (QED) is 0.870. The van der Waals surface area contributed by atoms with Crippen LogP contribution in [0.4, 0.5) is 0 Å². The van der Waals surface area contributed by atoms with Crippen LogP contribution in [0.3, 0.4) is 0 Å². The first kappa shape index (κ1) is 11.2. The molecule has 0 unspecified atom stereocenters. The van der Waals surface area contributed by atoms with Crippen LogP contribution in [0, 0.1) is 6.92 Å². The van der Waals surface area contributed by atoms with Crippen LogP contribution in [0.1, 0.15) is 11.3 Å². The number of benzene rings is 1. The van der Waals surface area contributed by atoms with E-state index < -0.39 is 0 Å². The molecule has 1 N–H and O–H groups in total. The second-order valence-corrected chi connectivity index (χ2v) is 4.12. The van der Waals surface area contributed by atoms with Crippen LogP contribution in [0.2, 0.25) is 5.15 Å². The average Bonchev–Trinajstić information content (AvgIpc) is 2.56. The van der Waals surface area contributed by atoms with Crippen LogP contribution in [0.25, 0.3) is 11.4 Å². The van der Waals surface area contributed by atoms with Gasteiger partial charge in [-0.2, -0.15) is 0 Å². The molecule has 16 heavy (non-hydrogen) atoms. The number of nitrogens with zero attached hydrogens (tertiary/aromatic N) is 2. The summed E-state index contributed by atoms with van der Waals surface area (Å²) in [5.74, 6) is 0.776. The molecule has 1 heterocycles. The average molecular weight is 237 g/mol. The second kappa shape index (κ2) is 4.28. The zero-order chi connectivity index (χ0) is 11.7. The molecule has 1 aromatic carbocycles. The SMILES string of the molecule is Cc1cccc(-c2nc(CO)c(Cl)n2C)c1. The molecule has 0 aliphatic heterocycles. The van der Waals surface area contributed by atoms with E-state index in [0.717, 1.165) is 11.4 Å². The van der Waals surface area contributed by atoms with E-state index in [0.29, 0.717) is 10.8 Å². The highest BCUT2D eigenvalue weighted by atomic mass is 35.5. The van der Waals surface area contributed by atoms with Gasteiger partial charge in [0.1, 0.15) is 16.7 Å². The van der Waals surface area contributed by atoms with Gasteiger partial charge >= 0.3 is 0 Å². The Balaban J connectivity index is 2.56. The summed E-state index contributed by atoms with van der Waals surface area (Å²) in [4.78, 5) is 4.32. The van der Waals surface area contributed by atoms with Gasteiger partial charge < -0.3 is 9.67 Å². The molecule has 0 atom stereocenters. The van der Waals surface area contributed by atoms with Crippen LogP contribution in [-0.2, 0) is 13.7 Å². The Morgan fingerprint density at radius 3 is 2.75 bits per heavy atom. The summed E-state index contributed by atoms with van der Waals surface area (Å²) in [6, 6.07) is 8.03. The number of aryl methyl sites for hydroxylation is 1. The van der Waals surface area contributed by atoms with Crippen molar-refractivity contribution in [3.63, 3.8) is 0 Å². The number of imidazole rings is 1. The number of aliphatic hydroxyl groups excluding tert-OH is 1. The fourth-order valence-electron chi connectivity index (χ4n) is 1.68. The molecule has 0 saturated heterocycles. The monoisotopic (exact) mass is 236 g/mol. The first-order valence-electron chi connectivity index (χ1n) is 5.02. The zero-order valence-corrected chi connectivity index (χ0v) is 9.99. The molecule has 0 bridgehead atoms. The van der Waals surface area contributed by atoms with E-state index in [1.54, 1.807) is 4.57 Å². The maximum Gasteiger partial charge on any atom is 0.141 e. The summed E-state index contributed by atoms with van der Waals surface area (Å²) >= 11 is 6.04. The summed E-state index contributed by atoms with van der Waals surface area (Å²) in [5.41, 5.74) is 2.69. The molecular weight excluding hydrogens is 224 g/mol. The molecule has 0 aliphatic carbocycles. The lowest BCUT2D eigenvalue weighted by molar-refractivity contribution is 0.277. The maximum absolute atomic E-state index is 9.10. The normalized spacial score (nSPS) is 10.8. The fraction of sp³-hybridized carbons (Fsp3) is 0.250. The largest absolute Gasteiger partial charge is 0.390 e. The van der Waals surface area contributed by atoms with Gasteiger partial charge in [-0.3, -0.25) is 0 Å². The minimum absolute atomic E-state index is 0.140. The summed E-state index contributed by atoms with van der Waals surface area (Å²) in [5, 5.41) is 9.58. The number of aromatic nitrogens is 2. The van der Waals surface area contributed by atoms with Gasteiger partial charge in [0.05, 0.1) is 6.61 Å². The van der Waals surface area contributed by atoms with Gasteiger partial charge in [-0.25, -0.2) is 4.98 Å². The number of hydrogen-bond acceptors (Lipinski definition) is 2. The van der Waals surface area contributed by atoms with Crippen molar-refractivity contribution in [1.29, 1.82) is 0 Å². The Kier molecular flexibility index (Phi) is 2.99. The van der Waals surface area contributed by atoms with Crippen molar-refractivity contribution in [3.8, 4) is 11.4 Å². The number of aliphatic hydroxyl groups is 1. The third-order valence-electron chi connectivity index (χ3n) is 2.52.